The van der Waals surface area contributed by atoms with Crippen molar-refractivity contribution in [2.75, 3.05) is 0 Å². The Labute approximate surface area is 104 Å². The molecule has 0 radical (unpaired) electrons. The average molecular weight is 287 g/mol. The zero-order valence-corrected chi connectivity index (χ0v) is 12.5. The summed E-state index contributed by atoms with van der Waals surface area (Å²) in [7, 11) is -5.49. The SMILES string of the molecule is CC(C)C(C)(C)C(C)C(OP(O)O)O[P+](=O)O. The van der Waals surface area contributed by atoms with E-state index in [9.17, 15) is 4.57 Å². The quantitative estimate of drug-likeness (QED) is 0.492. The van der Waals surface area contributed by atoms with Crippen molar-refractivity contribution in [3.05, 3.63) is 0 Å². The van der Waals surface area contributed by atoms with E-state index in [1.807, 2.05) is 27.7 Å². The van der Waals surface area contributed by atoms with Crippen LogP contribution in [0.25, 0.3) is 0 Å². The Hall–Kier alpha value is 0.330. The first kappa shape index (κ1) is 17.3. The molecule has 0 saturated heterocycles. The molecule has 3 unspecified atom stereocenters. The number of hydrogen-bond acceptors (Lipinski definition) is 5. The van der Waals surface area contributed by atoms with E-state index in [1.165, 1.54) is 0 Å². The van der Waals surface area contributed by atoms with Crippen LogP contribution >= 0.6 is 16.9 Å². The van der Waals surface area contributed by atoms with Gasteiger partial charge in [-0.3, -0.25) is 4.52 Å². The molecule has 3 atom stereocenters. The predicted octanol–water partition coefficient (Wildman–Crippen LogP) is 2.53. The summed E-state index contributed by atoms with van der Waals surface area (Å²) in [5.41, 5.74) is -0.249. The lowest BCUT2D eigenvalue weighted by atomic mass is 9.71. The molecular weight excluding hydrogens is 266 g/mol. The minimum atomic E-state index is -2.86. The third kappa shape index (κ3) is 5.66. The molecule has 0 aromatic carbocycles. The highest BCUT2D eigenvalue weighted by Gasteiger charge is 2.41. The lowest BCUT2D eigenvalue weighted by Crippen LogP contribution is -2.37. The fourth-order valence-electron chi connectivity index (χ4n) is 1.26. The van der Waals surface area contributed by atoms with E-state index in [0.717, 1.165) is 0 Å². The zero-order chi connectivity index (χ0) is 13.8. The first-order valence-corrected chi connectivity index (χ1v) is 7.56. The van der Waals surface area contributed by atoms with Crippen LogP contribution in [0.15, 0.2) is 0 Å². The molecule has 0 aliphatic heterocycles. The Balaban J connectivity index is 4.84. The van der Waals surface area contributed by atoms with Crippen molar-refractivity contribution in [1.29, 1.82) is 0 Å². The van der Waals surface area contributed by atoms with Crippen LogP contribution in [0.3, 0.4) is 0 Å². The van der Waals surface area contributed by atoms with Gasteiger partial charge in [-0.05, 0) is 11.3 Å². The molecule has 6 nitrogen and oxygen atoms in total. The molecule has 0 bridgehead atoms. The lowest BCUT2D eigenvalue weighted by molar-refractivity contribution is -0.0887. The molecule has 0 amide bonds. The largest absolute Gasteiger partial charge is 0.697 e. The van der Waals surface area contributed by atoms with Gasteiger partial charge >= 0.3 is 16.9 Å². The molecule has 0 aliphatic carbocycles. The summed E-state index contributed by atoms with van der Waals surface area (Å²) < 4.78 is 20.1. The summed E-state index contributed by atoms with van der Waals surface area (Å²) in [6.07, 6.45) is -1.12. The second kappa shape index (κ2) is 7.05. The maximum atomic E-state index is 10.7. The second-order valence-corrected chi connectivity index (χ2v) is 6.24. The van der Waals surface area contributed by atoms with E-state index in [4.69, 9.17) is 23.7 Å². The minimum Gasteiger partial charge on any atom is -0.328 e. The molecule has 17 heavy (non-hydrogen) atoms. The molecular formula is C9H21O6P2+. The van der Waals surface area contributed by atoms with E-state index in [0.29, 0.717) is 0 Å². The van der Waals surface area contributed by atoms with Crippen molar-refractivity contribution in [2.24, 2.45) is 17.3 Å². The first-order chi connectivity index (χ1) is 7.59. The smallest absolute Gasteiger partial charge is 0.328 e. The zero-order valence-electron chi connectivity index (χ0n) is 10.7. The second-order valence-electron chi connectivity index (χ2n) is 4.83. The molecule has 0 fully saturated rings. The fourth-order valence-corrected chi connectivity index (χ4v) is 2.14. The van der Waals surface area contributed by atoms with Gasteiger partial charge in [-0.15, -0.1) is 4.89 Å². The highest BCUT2D eigenvalue weighted by Crippen LogP contribution is 2.43. The lowest BCUT2D eigenvalue weighted by Gasteiger charge is -2.37. The molecule has 0 saturated carbocycles. The van der Waals surface area contributed by atoms with Crippen LogP contribution in [-0.2, 0) is 13.6 Å². The maximum absolute atomic E-state index is 10.7. The van der Waals surface area contributed by atoms with Gasteiger partial charge in [0.05, 0.1) is 0 Å². The molecule has 0 rings (SSSR count). The van der Waals surface area contributed by atoms with E-state index < -0.39 is 23.1 Å². The van der Waals surface area contributed by atoms with Gasteiger partial charge < -0.3 is 9.79 Å². The Morgan fingerprint density at radius 2 is 1.71 bits per heavy atom. The molecule has 3 N–H and O–H groups in total. The molecule has 0 aromatic rings. The van der Waals surface area contributed by atoms with Gasteiger partial charge in [0, 0.05) is 10.5 Å². The summed E-state index contributed by atoms with van der Waals surface area (Å²) in [5, 5.41) is 0. The van der Waals surface area contributed by atoms with Gasteiger partial charge in [0.2, 0.25) is 6.29 Å². The Morgan fingerprint density at radius 3 is 2.00 bits per heavy atom. The molecule has 0 aromatic heterocycles. The van der Waals surface area contributed by atoms with Gasteiger partial charge in [0.25, 0.3) is 0 Å². The van der Waals surface area contributed by atoms with Crippen molar-refractivity contribution in [1.82, 2.24) is 0 Å². The van der Waals surface area contributed by atoms with Crippen molar-refractivity contribution in [3.8, 4) is 0 Å². The molecule has 8 heteroatoms. The predicted molar refractivity (Wildman–Crippen MR) is 64.9 cm³/mol. The summed E-state index contributed by atoms with van der Waals surface area (Å²) in [6.45, 7) is 9.72. The van der Waals surface area contributed by atoms with Crippen LogP contribution in [0.4, 0.5) is 0 Å². The first-order valence-electron chi connectivity index (χ1n) is 5.26. The van der Waals surface area contributed by atoms with Crippen LogP contribution in [-0.4, -0.2) is 21.0 Å². The highest BCUT2D eigenvalue weighted by atomic mass is 31.2. The van der Waals surface area contributed by atoms with Crippen molar-refractivity contribution in [3.63, 3.8) is 0 Å². The van der Waals surface area contributed by atoms with Gasteiger partial charge in [-0.2, -0.15) is 0 Å². The molecule has 0 spiro atoms. The fraction of sp³-hybridized carbons (Fsp3) is 1.00. The summed E-state index contributed by atoms with van der Waals surface area (Å²) in [4.78, 5) is 26.4. The Morgan fingerprint density at radius 1 is 1.24 bits per heavy atom. The monoisotopic (exact) mass is 287 g/mol. The van der Waals surface area contributed by atoms with Crippen molar-refractivity contribution >= 4 is 16.9 Å². The summed E-state index contributed by atoms with van der Waals surface area (Å²) in [5.74, 6) is -0.00899. The van der Waals surface area contributed by atoms with Gasteiger partial charge in [0.15, 0.2) is 0 Å². The van der Waals surface area contributed by atoms with Gasteiger partial charge in [-0.25, -0.2) is 0 Å². The van der Waals surface area contributed by atoms with Crippen molar-refractivity contribution in [2.45, 2.75) is 40.9 Å². The Bertz CT molecular complexity index is 256. The normalized spacial score (nSPS) is 17.4. The third-order valence-electron chi connectivity index (χ3n) is 3.46. The molecule has 0 heterocycles. The standard InChI is InChI=1S/C9H20O6P2/c1-6(2)9(4,5)7(3)8(14-16(10)11)15-17(12)13/h6-8,10-11H,1-5H3/p+1. The van der Waals surface area contributed by atoms with E-state index >= 15 is 0 Å². The van der Waals surface area contributed by atoms with E-state index in [1.54, 1.807) is 6.92 Å². The van der Waals surface area contributed by atoms with Crippen LogP contribution < -0.4 is 0 Å². The van der Waals surface area contributed by atoms with Crippen molar-refractivity contribution < 1.29 is 28.3 Å². The topological polar surface area (TPSA) is 96.2 Å². The van der Waals surface area contributed by atoms with Crippen LogP contribution in [0.2, 0.25) is 0 Å². The molecule has 102 valence electrons. The molecule has 0 aliphatic rings. The van der Waals surface area contributed by atoms with Gasteiger partial charge in [-0.1, -0.05) is 39.1 Å². The van der Waals surface area contributed by atoms with E-state index in [-0.39, 0.29) is 17.3 Å². The highest BCUT2D eigenvalue weighted by molar-refractivity contribution is 7.39. The van der Waals surface area contributed by atoms with Crippen LogP contribution in [0, 0.1) is 17.3 Å². The van der Waals surface area contributed by atoms with Crippen LogP contribution in [0.5, 0.6) is 0 Å². The van der Waals surface area contributed by atoms with Gasteiger partial charge in [0.1, 0.15) is 0 Å². The summed E-state index contributed by atoms with van der Waals surface area (Å²) in [6, 6.07) is 0. The summed E-state index contributed by atoms with van der Waals surface area (Å²) >= 11 is 0. The maximum Gasteiger partial charge on any atom is 0.697 e. The average Bonchev–Trinajstić information content (AvgIpc) is 2.13. The Kier molecular flexibility index (Phi) is 7.19. The van der Waals surface area contributed by atoms with E-state index in [2.05, 4.69) is 0 Å². The number of rotatable bonds is 7. The third-order valence-corrected chi connectivity index (χ3v) is 4.25. The number of hydrogen-bond donors (Lipinski definition) is 3. The minimum absolute atomic E-state index is 0.249. The van der Waals surface area contributed by atoms with Crippen LogP contribution in [0.1, 0.15) is 34.6 Å².